The summed E-state index contributed by atoms with van der Waals surface area (Å²) in [7, 11) is 1.61. The molecule has 3 rings (SSSR count). The van der Waals surface area contributed by atoms with Crippen LogP contribution >= 0.6 is 23.8 Å². The molecule has 8 heteroatoms. The smallest absolute Gasteiger partial charge is 0.262 e. The van der Waals surface area contributed by atoms with Gasteiger partial charge in [0.15, 0.2) is 4.77 Å². The highest BCUT2D eigenvalue weighted by Gasteiger charge is 2.11. The van der Waals surface area contributed by atoms with Gasteiger partial charge < -0.3 is 15.0 Å². The van der Waals surface area contributed by atoms with Crippen LogP contribution in [0.2, 0.25) is 5.02 Å². The predicted octanol–water partition coefficient (Wildman–Crippen LogP) is 4.00. The largest absolute Gasteiger partial charge is 0.385 e. The van der Waals surface area contributed by atoms with Crippen molar-refractivity contribution < 1.29 is 9.53 Å². The molecule has 3 aromatic rings. The number of nitrogens with one attached hydrogen (secondary N) is 2. The number of rotatable bonds is 6. The second kappa shape index (κ2) is 8.47. The van der Waals surface area contributed by atoms with Gasteiger partial charge in [-0.05, 0) is 55.0 Å². The van der Waals surface area contributed by atoms with Crippen molar-refractivity contribution >= 4 is 46.3 Å². The fourth-order valence-corrected chi connectivity index (χ4v) is 3.21. The SMILES string of the molecule is COCCCn1c(=S)[nH]c2cc(C(=O)Nc3cccc(Cl)c3)ccc2c1=O. The number of hydrogen-bond acceptors (Lipinski definition) is 4. The van der Waals surface area contributed by atoms with Crippen molar-refractivity contribution in [2.75, 3.05) is 19.0 Å². The first-order valence-corrected chi connectivity index (χ1v) is 9.11. The molecular weight excluding hydrogens is 386 g/mol. The van der Waals surface area contributed by atoms with Crippen molar-refractivity contribution in [1.29, 1.82) is 0 Å². The number of hydrogen-bond donors (Lipinski definition) is 2. The molecule has 1 aromatic heterocycles. The van der Waals surface area contributed by atoms with Gasteiger partial charge in [0.25, 0.3) is 11.5 Å². The number of nitrogens with zero attached hydrogens (tertiary/aromatic N) is 1. The van der Waals surface area contributed by atoms with Crippen molar-refractivity contribution in [3.8, 4) is 0 Å². The minimum Gasteiger partial charge on any atom is -0.385 e. The van der Waals surface area contributed by atoms with Gasteiger partial charge in [-0.1, -0.05) is 17.7 Å². The first kappa shape index (κ1) is 19.3. The number of benzene rings is 2. The zero-order valence-electron chi connectivity index (χ0n) is 14.6. The molecule has 140 valence electrons. The molecule has 1 heterocycles. The first-order chi connectivity index (χ1) is 13.0. The minimum absolute atomic E-state index is 0.188. The summed E-state index contributed by atoms with van der Waals surface area (Å²) in [4.78, 5) is 28.2. The number of aromatic amines is 1. The fraction of sp³-hybridized carbons (Fsp3) is 0.211. The Morgan fingerprint density at radius 1 is 1.30 bits per heavy atom. The number of halogens is 1. The summed E-state index contributed by atoms with van der Waals surface area (Å²) in [5.74, 6) is -0.303. The van der Waals surface area contributed by atoms with Crippen LogP contribution in [0.4, 0.5) is 5.69 Å². The number of fused-ring (bicyclic) bond motifs is 1. The number of amides is 1. The molecule has 2 aromatic carbocycles. The second-order valence-electron chi connectivity index (χ2n) is 5.96. The van der Waals surface area contributed by atoms with Gasteiger partial charge in [0, 0.05) is 36.5 Å². The molecule has 0 saturated heterocycles. The van der Waals surface area contributed by atoms with Gasteiger partial charge >= 0.3 is 0 Å². The zero-order chi connectivity index (χ0) is 19.4. The molecule has 0 saturated carbocycles. The first-order valence-electron chi connectivity index (χ1n) is 8.32. The van der Waals surface area contributed by atoms with Gasteiger partial charge in [-0.15, -0.1) is 0 Å². The summed E-state index contributed by atoms with van der Waals surface area (Å²) in [6, 6.07) is 11.7. The number of carbonyl (C=O) groups is 1. The van der Waals surface area contributed by atoms with Gasteiger partial charge in [0.2, 0.25) is 0 Å². The van der Waals surface area contributed by atoms with Crippen LogP contribution in [-0.4, -0.2) is 29.2 Å². The molecule has 1 amide bonds. The molecule has 27 heavy (non-hydrogen) atoms. The summed E-state index contributed by atoms with van der Waals surface area (Å²) >= 11 is 11.2. The van der Waals surface area contributed by atoms with Crippen molar-refractivity contribution in [3.63, 3.8) is 0 Å². The van der Waals surface area contributed by atoms with Crippen LogP contribution in [0.25, 0.3) is 10.9 Å². The molecular formula is C19H18ClN3O3S. The third kappa shape index (κ3) is 4.44. The molecule has 0 fully saturated rings. The van der Waals surface area contributed by atoms with Crippen LogP contribution in [-0.2, 0) is 11.3 Å². The van der Waals surface area contributed by atoms with Crippen LogP contribution in [0.5, 0.6) is 0 Å². The highest BCUT2D eigenvalue weighted by molar-refractivity contribution is 7.71. The van der Waals surface area contributed by atoms with E-state index in [0.717, 1.165) is 0 Å². The zero-order valence-corrected chi connectivity index (χ0v) is 16.2. The maximum atomic E-state index is 12.7. The average Bonchev–Trinajstić information content (AvgIpc) is 2.64. The molecule has 0 bridgehead atoms. The summed E-state index contributed by atoms with van der Waals surface area (Å²) in [5.41, 5.74) is 1.33. The summed E-state index contributed by atoms with van der Waals surface area (Å²) in [5, 5.41) is 3.78. The summed E-state index contributed by atoms with van der Waals surface area (Å²) in [6.45, 7) is 1.01. The van der Waals surface area contributed by atoms with E-state index < -0.39 is 0 Å². The summed E-state index contributed by atoms with van der Waals surface area (Å²) in [6.07, 6.45) is 0.680. The van der Waals surface area contributed by atoms with Gasteiger partial charge in [-0.2, -0.15) is 0 Å². The van der Waals surface area contributed by atoms with Crippen molar-refractivity contribution in [2.45, 2.75) is 13.0 Å². The fourth-order valence-electron chi connectivity index (χ4n) is 2.74. The molecule has 0 atom stereocenters. The Kier molecular flexibility index (Phi) is 6.05. The molecule has 0 radical (unpaired) electrons. The van der Waals surface area contributed by atoms with Crippen molar-refractivity contribution in [2.24, 2.45) is 0 Å². The highest BCUT2D eigenvalue weighted by atomic mass is 35.5. The standard InChI is InChI=1S/C19H18ClN3O3S/c1-26-9-3-8-23-18(25)15-7-6-12(10-16(15)22-19(23)27)17(24)21-14-5-2-4-13(20)11-14/h2,4-7,10-11H,3,8-9H2,1H3,(H,21,24)(H,22,27). The molecule has 0 spiro atoms. The highest BCUT2D eigenvalue weighted by Crippen LogP contribution is 2.17. The Morgan fingerprint density at radius 3 is 2.85 bits per heavy atom. The van der Waals surface area contributed by atoms with Gasteiger partial charge in [-0.25, -0.2) is 0 Å². The lowest BCUT2D eigenvalue weighted by molar-refractivity contribution is 0.102. The topological polar surface area (TPSA) is 76.1 Å². The normalized spacial score (nSPS) is 10.9. The van der Waals surface area contributed by atoms with E-state index in [4.69, 9.17) is 28.6 Å². The number of aromatic nitrogens is 2. The summed E-state index contributed by atoms with van der Waals surface area (Å²) < 4.78 is 6.83. The van der Waals surface area contributed by atoms with E-state index in [1.54, 1.807) is 49.6 Å². The maximum Gasteiger partial charge on any atom is 0.262 e. The maximum absolute atomic E-state index is 12.7. The Morgan fingerprint density at radius 2 is 2.11 bits per heavy atom. The predicted molar refractivity (Wildman–Crippen MR) is 109 cm³/mol. The molecule has 0 aliphatic carbocycles. The number of anilines is 1. The van der Waals surface area contributed by atoms with Crippen LogP contribution in [0.1, 0.15) is 16.8 Å². The van der Waals surface area contributed by atoms with Crippen molar-refractivity contribution in [3.05, 3.63) is 68.2 Å². The molecule has 0 aliphatic rings. The molecule has 6 nitrogen and oxygen atoms in total. The van der Waals surface area contributed by atoms with E-state index >= 15 is 0 Å². The van der Waals surface area contributed by atoms with Gasteiger partial charge in [0.1, 0.15) is 0 Å². The number of ether oxygens (including phenoxy) is 1. The van der Waals surface area contributed by atoms with E-state index in [0.29, 0.717) is 51.5 Å². The lowest BCUT2D eigenvalue weighted by atomic mass is 10.1. The Bertz CT molecular complexity index is 1110. The third-order valence-corrected chi connectivity index (χ3v) is 4.61. The molecule has 0 aliphatic heterocycles. The van der Waals surface area contributed by atoms with Crippen LogP contribution in [0.3, 0.4) is 0 Å². The molecule has 0 unspecified atom stereocenters. The van der Waals surface area contributed by atoms with Gasteiger partial charge in [-0.3, -0.25) is 14.2 Å². The third-order valence-electron chi connectivity index (χ3n) is 4.06. The van der Waals surface area contributed by atoms with E-state index in [-0.39, 0.29) is 11.5 Å². The number of H-pyrrole nitrogens is 1. The lowest BCUT2D eigenvalue weighted by Crippen LogP contribution is -2.23. The molecule has 2 N–H and O–H groups in total. The Balaban J connectivity index is 1.91. The number of carbonyl (C=O) groups excluding carboxylic acids is 1. The van der Waals surface area contributed by atoms with Crippen LogP contribution in [0, 0.1) is 4.77 Å². The lowest BCUT2D eigenvalue weighted by Gasteiger charge is -2.09. The monoisotopic (exact) mass is 403 g/mol. The van der Waals surface area contributed by atoms with E-state index in [9.17, 15) is 9.59 Å². The second-order valence-corrected chi connectivity index (χ2v) is 6.78. The van der Waals surface area contributed by atoms with E-state index in [1.807, 2.05) is 0 Å². The minimum atomic E-state index is -0.303. The average molecular weight is 404 g/mol. The van der Waals surface area contributed by atoms with E-state index in [1.165, 1.54) is 4.57 Å². The van der Waals surface area contributed by atoms with Gasteiger partial charge in [0.05, 0.1) is 10.9 Å². The Hall–Kier alpha value is -2.48. The Labute approximate surface area is 165 Å². The quantitative estimate of drug-likeness (QED) is 0.481. The number of methoxy groups -OCH3 is 1. The van der Waals surface area contributed by atoms with Crippen LogP contribution in [0.15, 0.2) is 47.3 Å². The van der Waals surface area contributed by atoms with E-state index in [2.05, 4.69) is 10.3 Å². The van der Waals surface area contributed by atoms with Crippen LogP contribution < -0.4 is 10.9 Å². The van der Waals surface area contributed by atoms with Crippen molar-refractivity contribution in [1.82, 2.24) is 9.55 Å².